The Bertz CT molecular complexity index is 639. The van der Waals surface area contributed by atoms with Gasteiger partial charge in [-0.2, -0.15) is 0 Å². The van der Waals surface area contributed by atoms with Crippen LogP contribution in [-0.2, 0) is 5.41 Å². The number of carbonyl (C=O) groups is 1. The minimum absolute atomic E-state index is 0.0182. The summed E-state index contributed by atoms with van der Waals surface area (Å²) in [6, 6.07) is 11.5. The van der Waals surface area contributed by atoms with E-state index in [2.05, 4.69) is 20.8 Å². The predicted molar refractivity (Wildman–Crippen MR) is 80.0 cm³/mol. The number of hydrogen-bond acceptors (Lipinski definition) is 1. The Morgan fingerprint density at radius 2 is 1.55 bits per heavy atom. The van der Waals surface area contributed by atoms with Gasteiger partial charge in [0.2, 0.25) is 0 Å². The summed E-state index contributed by atoms with van der Waals surface area (Å²) in [6.07, 6.45) is 0. The van der Waals surface area contributed by atoms with Crippen molar-refractivity contribution in [3.63, 3.8) is 0 Å². The summed E-state index contributed by atoms with van der Waals surface area (Å²) in [6.45, 7) is 6.33. The molecule has 104 valence electrons. The second-order valence-electron chi connectivity index (χ2n) is 5.79. The first-order valence-electron chi connectivity index (χ1n) is 6.39. The Labute approximate surface area is 123 Å². The van der Waals surface area contributed by atoms with Gasteiger partial charge < -0.3 is 0 Å². The first kappa shape index (κ1) is 14.7. The predicted octanol–water partition coefficient (Wildman–Crippen LogP) is 5.01. The van der Waals surface area contributed by atoms with Gasteiger partial charge in [0.1, 0.15) is 5.82 Å². The van der Waals surface area contributed by atoms with E-state index in [4.69, 9.17) is 11.6 Å². The van der Waals surface area contributed by atoms with Crippen LogP contribution < -0.4 is 0 Å². The average Bonchev–Trinajstić information content (AvgIpc) is 2.40. The van der Waals surface area contributed by atoms with E-state index >= 15 is 0 Å². The fraction of sp³-hybridized carbons (Fsp3) is 0.235. The zero-order valence-corrected chi connectivity index (χ0v) is 12.5. The maximum Gasteiger partial charge on any atom is 0.193 e. The van der Waals surface area contributed by atoms with Crippen molar-refractivity contribution in [1.82, 2.24) is 0 Å². The Morgan fingerprint density at radius 3 is 2.05 bits per heavy atom. The highest BCUT2D eigenvalue weighted by molar-refractivity contribution is 6.30. The van der Waals surface area contributed by atoms with E-state index in [1.54, 1.807) is 12.1 Å². The van der Waals surface area contributed by atoms with Crippen LogP contribution in [0.25, 0.3) is 0 Å². The van der Waals surface area contributed by atoms with Gasteiger partial charge in [-0.1, -0.05) is 56.6 Å². The van der Waals surface area contributed by atoms with Gasteiger partial charge in [0.25, 0.3) is 0 Å². The molecular weight excluding hydrogens is 275 g/mol. The van der Waals surface area contributed by atoms with Crippen molar-refractivity contribution in [1.29, 1.82) is 0 Å². The van der Waals surface area contributed by atoms with Crippen molar-refractivity contribution in [3.8, 4) is 0 Å². The highest BCUT2D eigenvalue weighted by Crippen LogP contribution is 2.23. The molecule has 2 aromatic carbocycles. The molecule has 0 aliphatic heterocycles. The minimum atomic E-state index is -0.580. The lowest BCUT2D eigenvalue weighted by Crippen LogP contribution is -2.11. The summed E-state index contributed by atoms with van der Waals surface area (Å²) >= 11 is 5.62. The molecule has 0 heterocycles. The largest absolute Gasteiger partial charge is 0.289 e. The monoisotopic (exact) mass is 290 g/mol. The van der Waals surface area contributed by atoms with Gasteiger partial charge in [-0.3, -0.25) is 4.79 Å². The zero-order chi connectivity index (χ0) is 14.9. The quantitative estimate of drug-likeness (QED) is 0.711. The molecule has 0 radical (unpaired) electrons. The summed E-state index contributed by atoms with van der Waals surface area (Å²) < 4.78 is 13.4. The van der Waals surface area contributed by atoms with Gasteiger partial charge in [-0.05, 0) is 29.2 Å². The molecule has 2 aromatic rings. The molecule has 0 saturated heterocycles. The second-order valence-corrected chi connectivity index (χ2v) is 6.19. The Hall–Kier alpha value is -1.67. The SMILES string of the molecule is CC(C)(C)c1ccc(C(=O)c2ccc(Cl)c(F)c2)cc1. The first-order valence-corrected chi connectivity index (χ1v) is 6.77. The molecule has 1 nitrogen and oxygen atoms in total. The van der Waals surface area contributed by atoms with Crippen LogP contribution >= 0.6 is 11.6 Å². The van der Waals surface area contributed by atoms with Crippen molar-refractivity contribution in [2.24, 2.45) is 0 Å². The van der Waals surface area contributed by atoms with Crippen LogP contribution in [0.15, 0.2) is 42.5 Å². The second kappa shape index (κ2) is 5.37. The van der Waals surface area contributed by atoms with Crippen LogP contribution in [0.4, 0.5) is 4.39 Å². The molecule has 0 spiro atoms. The molecule has 0 unspecified atom stereocenters. The van der Waals surface area contributed by atoms with Gasteiger partial charge in [0.05, 0.1) is 5.02 Å². The summed E-state index contributed by atoms with van der Waals surface area (Å²) in [5, 5.41) is 0.0182. The molecule has 0 amide bonds. The van der Waals surface area contributed by atoms with E-state index in [-0.39, 0.29) is 16.2 Å². The number of hydrogen-bond donors (Lipinski definition) is 0. The molecule has 0 atom stereocenters. The summed E-state index contributed by atoms with van der Waals surface area (Å²) in [7, 11) is 0. The molecule has 2 rings (SSSR count). The van der Waals surface area contributed by atoms with Crippen molar-refractivity contribution in [2.75, 3.05) is 0 Å². The number of carbonyl (C=O) groups excluding carboxylic acids is 1. The van der Waals surface area contributed by atoms with Crippen LogP contribution in [0.5, 0.6) is 0 Å². The van der Waals surface area contributed by atoms with Crippen molar-refractivity contribution < 1.29 is 9.18 Å². The highest BCUT2D eigenvalue weighted by atomic mass is 35.5. The van der Waals surface area contributed by atoms with Crippen LogP contribution in [0, 0.1) is 5.82 Å². The lowest BCUT2D eigenvalue weighted by Gasteiger charge is -2.19. The zero-order valence-electron chi connectivity index (χ0n) is 11.7. The van der Waals surface area contributed by atoms with Crippen LogP contribution in [-0.4, -0.2) is 5.78 Å². The molecule has 0 N–H and O–H groups in total. The number of halogens is 2. The van der Waals surface area contributed by atoms with Gasteiger partial charge >= 0.3 is 0 Å². The number of rotatable bonds is 2. The molecule has 0 aromatic heterocycles. The number of ketones is 1. The van der Waals surface area contributed by atoms with E-state index in [0.29, 0.717) is 11.1 Å². The molecule has 0 aliphatic carbocycles. The molecule has 0 aliphatic rings. The molecular formula is C17H16ClFO. The van der Waals surface area contributed by atoms with Gasteiger partial charge in [0, 0.05) is 11.1 Å². The lowest BCUT2D eigenvalue weighted by atomic mass is 9.86. The Balaban J connectivity index is 2.31. The van der Waals surface area contributed by atoms with Gasteiger partial charge in [-0.25, -0.2) is 4.39 Å². The standard InChI is InChI=1S/C17H16ClFO/c1-17(2,3)13-7-4-11(5-8-13)16(20)12-6-9-14(18)15(19)10-12/h4-10H,1-3H3. The normalized spacial score (nSPS) is 11.4. The molecule has 0 bridgehead atoms. The molecule has 3 heteroatoms. The fourth-order valence-electron chi connectivity index (χ4n) is 1.93. The Kier molecular flexibility index (Phi) is 3.96. The van der Waals surface area contributed by atoms with Crippen LogP contribution in [0.2, 0.25) is 5.02 Å². The van der Waals surface area contributed by atoms with Crippen LogP contribution in [0.3, 0.4) is 0 Å². The van der Waals surface area contributed by atoms with Crippen molar-refractivity contribution in [3.05, 3.63) is 70.0 Å². The topological polar surface area (TPSA) is 17.1 Å². The van der Waals surface area contributed by atoms with Gasteiger partial charge in [0.15, 0.2) is 5.78 Å². The van der Waals surface area contributed by atoms with Gasteiger partial charge in [-0.15, -0.1) is 0 Å². The van der Waals surface area contributed by atoms with E-state index < -0.39 is 5.82 Å². The first-order chi connectivity index (χ1) is 9.29. The lowest BCUT2D eigenvalue weighted by molar-refractivity contribution is 0.103. The van der Waals surface area contributed by atoms with E-state index in [1.165, 1.54) is 18.2 Å². The molecule has 0 saturated carbocycles. The average molecular weight is 291 g/mol. The van der Waals surface area contributed by atoms with Crippen molar-refractivity contribution in [2.45, 2.75) is 26.2 Å². The molecule has 20 heavy (non-hydrogen) atoms. The maximum atomic E-state index is 13.4. The summed E-state index contributed by atoms with van der Waals surface area (Å²) in [5.74, 6) is -0.787. The van der Waals surface area contributed by atoms with E-state index in [9.17, 15) is 9.18 Å². The summed E-state index contributed by atoms with van der Waals surface area (Å²) in [4.78, 5) is 12.3. The van der Waals surface area contributed by atoms with E-state index in [1.807, 2.05) is 12.1 Å². The van der Waals surface area contributed by atoms with Crippen LogP contribution in [0.1, 0.15) is 42.3 Å². The van der Waals surface area contributed by atoms with E-state index in [0.717, 1.165) is 5.56 Å². The highest BCUT2D eigenvalue weighted by Gasteiger charge is 2.15. The third-order valence-corrected chi connectivity index (χ3v) is 3.50. The maximum absolute atomic E-state index is 13.4. The minimum Gasteiger partial charge on any atom is -0.289 e. The third kappa shape index (κ3) is 3.07. The smallest absolute Gasteiger partial charge is 0.193 e. The Morgan fingerprint density at radius 1 is 1.00 bits per heavy atom. The van der Waals surface area contributed by atoms with Crippen molar-refractivity contribution >= 4 is 17.4 Å². The number of benzene rings is 2. The third-order valence-electron chi connectivity index (χ3n) is 3.19. The fourth-order valence-corrected chi connectivity index (χ4v) is 2.04. The molecule has 0 fully saturated rings. The summed E-state index contributed by atoms with van der Waals surface area (Å²) in [5.41, 5.74) is 2.03.